The number of aromatic nitrogens is 1. The molecule has 1 aromatic heterocycles. The van der Waals surface area contributed by atoms with Crippen molar-refractivity contribution in [3.63, 3.8) is 0 Å². The van der Waals surface area contributed by atoms with E-state index in [1.807, 2.05) is 19.9 Å². The largest absolute Gasteiger partial charge is 0.389 e. The van der Waals surface area contributed by atoms with Crippen LogP contribution in [0.3, 0.4) is 0 Å². The number of rotatable bonds is 5. The Labute approximate surface area is 99.9 Å². The summed E-state index contributed by atoms with van der Waals surface area (Å²) >= 11 is 0. The van der Waals surface area contributed by atoms with E-state index >= 15 is 0 Å². The summed E-state index contributed by atoms with van der Waals surface area (Å²) in [5.74, 6) is 0. The summed E-state index contributed by atoms with van der Waals surface area (Å²) < 4.78 is 6.55. The van der Waals surface area contributed by atoms with Crippen LogP contribution in [0.2, 0.25) is 0 Å². The zero-order chi connectivity index (χ0) is 12.8. The molecule has 1 heterocycles. The van der Waals surface area contributed by atoms with Crippen molar-refractivity contribution in [3.8, 4) is 6.07 Å². The van der Waals surface area contributed by atoms with Crippen molar-refractivity contribution in [2.75, 3.05) is 6.61 Å². The van der Waals surface area contributed by atoms with Crippen molar-refractivity contribution >= 4 is 0 Å². The quantitative estimate of drug-likeness (QED) is 0.808. The van der Waals surface area contributed by atoms with Gasteiger partial charge in [0.15, 0.2) is 0 Å². The van der Waals surface area contributed by atoms with Gasteiger partial charge in [0.1, 0.15) is 11.6 Å². The summed E-state index contributed by atoms with van der Waals surface area (Å²) in [6.07, 6.45) is 0.817. The SMILES string of the molecule is CC(C)OC[C@@H](O)Cn1cccc(C#N)c1=O. The molecule has 1 N–H and O–H groups in total. The van der Waals surface area contributed by atoms with E-state index < -0.39 is 11.7 Å². The lowest BCUT2D eigenvalue weighted by Crippen LogP contribution is -2.30. The minimum absolute atomic E-state index is 0.0341. The van der Waals surface area contributed by atoms with Crippen molar-refractivity contribution in [1.82, 2.24) is 4.57 Å². The molecule has 0 saturated carbocycles. The number of hydrogen-bond acceptors (Lipinski definition) is 4. The Balaban J connectivity index is 2.69. The summed E-state index contributed by atoms with van der Waals surface area (Å²) in [7, 11) is 0. The van der Waals surface area contributed by atoms with Crippen molar-refractivity contribution in [3.05, 3.63) is 34.2 Å². The Morgan fingerprint density at radius 2 is 2.29 bits per heavy atom. The van der Waals surface area contributed by atoms with E-state index in [-0.39, 0.29) is 24.8 Å². The number of nitriles is 1. The van der Waals surface area contributed by atoms with Crippen LogP contribution in [0.1, 0.15) is 19.4 Å². The van der Waals surface area contributed by atoms with E-state index in [4.69, 9.17) is 10.00 Å². The zero-order valence-corrected chi connectivity index (χ0v) is 9.96. The molecule has 1 rings (SSSR count). The number of aliphatic hydroxyl groups is 1. The fourth-order valence-electron chi connectivity index (χ4n) is 1.35. The molecule has 0 unspecified atom stereocenters. The zero-order valence-electron chi connectivity index (χ0n) is 9.96. The molecule has 5 nitrogen and oxygen atoms in total. The first kappa shape index (κ1) is 13.4. The van der Waals surface area contributed by atoms with Gasteiger partial charge >= 0.3 is 0 Å². The van der Waals surface area contributed by atoms with Crippen molar-refractivity contribution in [2.24, 2.45) is 0 Å². The summed E-state index contributed by atoms with van der Waals surface area (Å²) in [6, 6.07) is 4.87. The Hall–Kier alpha value is -1.64. The van der Waals surface area contributed by atoms with Gasteiger partial charge in [-0.1, -0.05) is 0 Å². The van der Waals surface area contributed by atoms with Crippen LogP contribution in [0.4, 0.5) is 0 Å². The number of aliphatic hydroxyl groups excluding tert-OH is 1. The smallest absolute Gasteiger partial charge is 0.268 e. The number of ether oxygens (including phenoxy) is 1. The van der Waals surface area contributed by atoms with Gasteiger partial charge in [0.25, 0.3) is 5.56 Å². The van der Waals surface area contributed by atoms with Gasteiger partial charge in [0.05, 0.1) is 25.4 Å². The Morgan fingerprint density at radius 3 is 2.88 bits per heavy atom. The average molecular weight is 236 g/mol. The van der Waals surface area contributed by atoms with Crippen LogP contribution in [0.25, 0.3) is 0 Å². The van der Waals surface area contributed by atoms with Gasteiger partial charge in [-0.05, 0) is 26.0 Å². The van der Waals surface area contributed by atoms with E-state index in [0.29, 0.717) is 0 Å². The van der Waals surface area contributed by atoms with Gasteiger partial charge in [-0.25, -0.2) is 0 Å². The van der Waals surface area contributed by atoms with Crippen molar-refractivity contribution in [1.29, 1.82) is 5.26 Å². The standard InChI is InChI=1S/C12H16N2O3/c1-9(2)17-8-11(15)7-14-5-3-4-10(6-13)12(14)16/h3-5,9,11,15H,7-8H2,1-2H3/t11-/m0/s1. The highest BCUT2D eigenvalue weighted by Gasteiger charge is 2.09. The molecule has 0 aliphatic carbocycles. The first-order valence-corrected chi connectivity index (χ1v) is 5.43. The summed E-state index contributed by atoms with van der Waals surface area (Å²) in [5.41, 5.74) is -0.317. The third-order valence-electron chi connectivity index (χ3n) is 2.17. The lowest BCUT2D eigenvalue weighted by atomic mass is 10.3. The molecule has 0 fully saturated rings. The van der Waals surface area contributed by atoms with Gasteiger partial charge in [-0.15, -0.1) is 0 Å². The van der Waals surface area contributed by atoms with Crippen LogP contribution < -0.4 is 5.56 Å². The fraction of sp³-hybridized carbons (Fsp3) is 0.500. The minimum atomic E-state index is -0.760. The van der Waals surface area contributed by atoms with Gasteiger partial charge < -0.3 is 14.4 Å². The molecule has 1 aromatic rings. The number of nitrogens with zero attached hydrogens (tertiary/aromatic N) is 2. The van der Waals surface area contributed by atoms with Gasteiger partial charge in [-0.2, -0.15) is 5.26 Å². The topological polar surface area (TPSA) is 75.2 Å². The molecule has 0 spiro atoms. The maximum Gasteiger partial charge on any atom is 0.268 e. The van der Waals surface area contributed by atoms with Crippen LogP contribution in [0, 0.1) is 11.3 Å². The molecule has 1 atom stereocenters. The Morgan fingerprint density at radius 1 is 1.59 bits per heavy atom. The molecule has 0 saturated heterocycles. The van der Waals surface area contributed by atoms with E-state index in [0.717, 1.165) is 0 Å². The third-order valence-corrected chi connectivity index (χ3v) is 2.17. The number of pyridine rings is 1. The summed E-state index contributed by atoms with van der Waals surface area (Å²) in [4.78, 5) is 11.7. The van der Waals surface area contributed by atoms with E-state index in [1.54, 1.807) is 12.3 Å². The summed E-state index contributed by atoms with van der Waals surface area (Å²) in [5, 5.41) is 18.4. The molecule has 0 aliphatic heterocycles. The Bertz CT molecular complexity index is 460. The molecular weight excluding hydrogens is 220 g/mol. The lowest BCUT2D eigenvalue weighted by Gasteiger charge is -2.14. The monoisotopic (exact) mass is 236 g/mol. The highest BCUT2D eigenvalue weighted by Crippen LogP contribution is 1.96. The molecule has 0 bridgehead atoms. The molecule has 0 radical (unpaired) electrons. The van der Waals surface area contributed by atoms with Crippen LogP contribution in [-0.4, -0.2) is 28.5 Å². The predicted octanol–water partition coefficient (Wildman–Crippen LogP) is 0.506. The van der Waals surface area contributed by atoms with E-state index in [2.05, 4.69) is 0 Å². The maximum absolute atomic E-state index is 11.7. The molecule has 92 valence electrons. The van der Waals surface area contributed by atoms with E-state index in [9.17, 15) is 9.90 Å². The lowest BCUT2D eigenvalue weighted by molar-refractivity contribution is -0.00107. The second-order valence-electron chi connectivity index (χ2n) is 4.03. The molecule has 0 aromatic carbocycles. The second kappa shape index (κ2) is 6.18. The highest BCUT2D eigenvalue weighted by molar-refractivity contribution is 5.24. The van der Waals surface area contributed by atoms with Crippen LogP contribution in [0.15, 0.2) is 23.1 Å². The molecule has 0 amide bonds. The highest BCUT2D eigenvalue weighted by atomic mass is 16.5. The Kier molecular flexibility index (Phi) is 4.88. The normalized spacial score (nSPS) is 12.4. The van der Waals surface area contributed by atoms with Crippen LogP contribution in [-0.2, 0) is 11.3 Å². The maximum atomic E-state index is 11.7. The fourth-order valence-corrected chi connectivity index (χ4v) is 1.35. The van der Waals surface area contributed by atoms with Crippen LogP contribution in [0.5, 0.6) is 0 Å². The first-order chi connectivity index (χ1) is 8.04. The average Bonchev–Trinajstić information content (AvgIpc) is 2.29. The number of hydrogen-bond donors (Lipinski definition) is 1. The van der Waals surface area contributed by atoms with Crippen molar-refractivity contribution < 1.29 is 9.84 Å². The second-order valence-corrected chi connectivity index (χ2v) is 4.03. The molecule has 5 heteroatoms. The van der Waals surface area contributed by atoms with Crippen molar-refractivity contribution in [2.45, 2.75) is 32.6 Å². The summed E-state index contributed by atoms with van der Waals surface area (Å²) in [6.45, 7) is 4.03. The van der Waals surface area contributed by atoms with Gasteiger partial charge in [0.2, 0.25) is 0 Å². The molecule has 0 aliphatic rings. The molecular formula is C12H16N2O3. The van der Waals surface area contributed by atoms with Gasteiger partial charge in [-0.3, -0.25) is 4.79 Å². The van der Waals surface area contributed by atoms with E-state index in [1.165, 1.54) is 10.6 Å². The minimum Gasteiger partial charge on any atom is -0.389 e. The van der Waals surface area contributed by atoms with Gasteiger partial charge in [0, 0.05) is 6.20 Å². The third kappa shape index (κ3) is 4.02. The molecule has 17 heavy (non-hydrogen) atoms. The predicted molar refractivity (Wildman–Crippen MR) is 62.5 cm³/mol. The van der Waals surface area contributed by atoms with Crippen LogP contribution >= 0.6 is 0 Å². The first-order valence-electron chi connectivity index (χ1n) is 5.43.